The Bertz CT molecular complexity index is 570. The first-order chi connectivity index (χ1) is 11.1. The van der Waals surface area contributed by atoms with Crippen molar-refractivity contribution in [2.24, 2.45) is 5.92 Å². The van der Waals surface area contributed by atoms with E-state index < -0.39 is 0 Å². The van der Waals surface area contributed by atoms with Crippen molar-refractivity contribution in [2.45, 2.75) is 45.2 Å². The van der Waals surface area contributed by atoms with E-state index >= 15 is 0 Å². The average Bonchev–Trinajstić information content (AvgIpc) is 2.95. The molecular weight excluding hydrogens is 295 g/mol. The van der Waals surface area contributed by atoms with Crippen LogP contribution in [0.15, 0.2) is 18.2 Å². The number of halogens is 1. The van der Waals surface area contributed by atoms with Crippen LogP contribution in [0, 0.1) is 11.7 Å². The quantitative estimate of drug-likeness (QED) is 0.927. The van der Waals surface area contributed by atoms with Gasteiger partial charge in [-0.1, -0.05) is 19.9 Å². The molecule has 1 amide bonds. The van der Waals surface area contributed by atoms with Gasteiger partial charge in [-0.15, -0.1) is 0 Å². The molecule has 2 aliphatic rings. The fraction of sp³-hybridized carbons (Fsp3) is 0.611. The van der Waals surface area contributed by atoms with E-state index in [0.29, 0.717) is 12.6 Å². The van der Waals surface area contributed by atoms with Crippen LogP contribution in [-0.2, 0) is 16.0 Å². The molecule has 4 nitrogen and oxygen atoms in total. The van der Waals surface area contributed by atoms with E-state index in [-0.39, 0.29) is 23.7 Å². The van der Waals surface area contributed by atoms with Crippen molar-refractivity contribution in [1.29, 1.82) is 0 Å². The van der Waals surface area contributed by atoms with Crippen LogP contribution in [0.25, 0.3) is 0 Å². The van der Waals surface area contributed by atoms with Crippen LogP contribution in [0.4, 0.5) is 10.1 Å². The lowest BCUT2D eigenvalue weighted by Crippen LogP contribution is -2.53. The molecule has 5 heteroatoms. The SMILES string of the molecule is CC(C)[C@@H](NC1CCOCC1)C(=O)N1CCc2ccc(F)cc21. The maximum Gasteiger partial charge on any atom is 0.244 e. The summed E-state index contributed by atoms with van der Waals surface area (Å²) in [4.78, 5) is 14.8. The van der Waals surface area contributed by atoms with E-state index in [0.717, 1.165) is 43.7 Å². The third-order valence-electron chi connectivity index (χ3n) is 4.78. The molecule has 1 N–H and O–H groups in total. The molecule has 1 atom stereocenters. The Kier molecular flexibility index (Phi) is 4.97. The topological polar surface area (TPSA) is 41.6 Å². The van der Waals surface area contributed by atoms with E-state index in [2.05, 4.69) is 19.2 Å². The molecule has 126 valence electrons. The van der Waals surface area contributed by atoms with E-state index in [1.807, 2.05) is 0 Å². The summed E-state index contributed by atoms with van der Waals surface area (Å²) in [5, 5.41) is 3.51. The number of carbonyl (C=O) groups excluding carboxylic acids is 1. The zero-order valence-corrected chi connectivity index (χ0v) is 13.8. The highest BCUT2D eigenvalue weighted by Gasteiger charge is 2.33. The Morgan fingerprint density at radius 2 is 2.09 bits per heavy atom. The zero-order valence-electron chi connectivity index (χ0n) is 13.8. The lowest BCUT2D eigenvalue weighted by molar-refractivity contribution is -0.122. The summed E-state index contributed by atoms with van der Waals surface area (Å²) >= 11 is 0. The van der Waals surface area contributed by atoms with Crippen LogP contribution in [0.2, 0.25) is 0 Å². The number of benzene rings is 1. The first-order valence-electron chi connectivity index (χ1n) is 8.50. The Labute approximate surface area is 137 Å². The van der Waals surface area contributed by atoms with Crippen molar-refractivity contribution >= 4 is 11.6 Å². The second-order valence-corrected chi connectivity index (χ2v) is 6.79. The number of carbonyl (C=O) groups is 1. The number of fused-ring (bicyclic) bond motifs is 1. The zero-order chi connectivity index (χ0) is 16.4. The Balaban J connectivity index is 1.76. The first-order valence-corrected chi connectivity index (χ1v) is 8.50. The summed E-state index contributed by atoms with van der Waals surface area (Å²) in [5.74, 6) is -0.0549. The van der Waals surface area contributed by atoms with Gasteiger partial charge in [0, 0.05) is 31.5 Å². The maximum atomic E-state index is 13.6. The summed E-state index contributed by atoms with van der Waals surface area (Å²) in [6, 6.07) is 4.80. The molecule has 0 radical (unpaired) electrons. The molecule has 0 bridgehead atoms. The minimum absolute atomic E-state index is 0.0517. The van der Waals surface area contributed by atoms with Gasteiger partial charge >= 0.3 is 0 Å². The second-order valence-electron chi connectivity index (χ2n) is 6.79. The van der Waals surface area contributed by atoms with Gasteiger partial charge in [-0.2, -0.15) is 0 Å². The fourth-order valence-electron chi connectivity index (χ4n) is 3.42. The van der Waals surface area contributed by atoms with Gasteiger partial charge in [-0.25, -0.2) is 4.39 Å². The predicted molar refractivity (Wildman–Crippen MR) is 88.1 cm³/mol. The summed E-state index contributed by atoms with van der Waals surface area (Å²) in [6.07, 6.45) is 2.66. The highest BCUT2D eigenvalue weighted by atomic mass is 19.1. The molecule has 1 aromatic rings. The van der Waals surface area contributed by atoms with Gasteiger partial charge in [-0.3, -0.25) is 4.79 Å². The van der Waals surface area contributed by atoms with Gasteiger partial charge in [0.15, 0.2) is 0 Å². The van der Waals surface area contributed by atoms with Crippen LogP contribution in [-0.4, -0.2) is 37.7 Å². The largest absolute Gasteiger partial charge is 0.381 e. The lowest BCUT2D eigenvalue weighted by Gasteiger charge is -2.32. The monoisotopic (exact) mass is 320 g/mol. The highest BCUT2D eigenvalue weighted by Crippen LogP contribution is 2.30. The van der Waals surface area contributed by atoms with Crippen molar-refractivity contribution in [1.82, 2.24) is 5.32 Å². The third kappa shape index (κ3) is 3.56. The van der Waals surface area contributed by atoms with E-state index in [4.69, 9.17) is 4.74 Å². The van der Waals surface area contributed by atoms with E-state index in [1.54, 1.807) is 11.0 Å². The van der Waals surface area contributed by atoms with Crippen molar-refractivity contribution in [3.05, 3.63) is 29.6 Å². The van der Waals surface area contributed by atoms with Crippen LogP contribution in [0.3, 0.4) is 0 Å². The smallest absolute Gasteiger partial charge is 0.244 e. The standard InChI is InChI=1S/C18H25FN2O2/c1-12(2)17(20-15-6-9-23-10-7-15)18(22)21-8-5-13-3-4-14(19)11-16(13)21/h3-4,11-12,15,17,20H,5-10H2,1-2H3/t17-/m1/s1. The molecule has 0 aromatic heterocycles. The molecule has 0 saturated carbocycles. The number of hydrogen-bond acceptors (Lipinski definition) is 3. The Morgan fingerprint density at radius 1 is 1.35 bits per heavy atom. The number of anilines is 1. The number of amides is 1. The Hall–Kier alpha value is -1.46. The number of nitrogens with zero attached hydrogens (tertiary/aromatic N) is 1. The molecule has 23 heavy (non-hydrogen) atoms. The molecule has 1 saturated heterocycles. The van der Waals surface area contributed by atoms with Gasteiger partial charge in [-0.05, 0) is 42.9 Å². The van der Waals surface area contributed by atoms with E-state index in [1.165, 1.54) is 12.1 Å². The lowest BCUT2D eigenvalue weighted by atomic mass is 9.99. The molecule has 3 rings (SSSR count). The van der Waals surface area contributed by atoms with Gasteiger partial charge in [0.25, 0.3) is 0 Å². The van der Waals surface area contributed by atoms with Crippen LogP contribution in [0.1, 0.15) is 32.3 Å². The van der Waals surface area contributed by atoms with Crippen molar-refractivity contribution < 1.29 is 13.9 Å². The van der Waals surface area contributed by atoms with Gasteiger partial charge < -0.3 is 15.0 Å². The second kappa shape index (κ2) is 6.97. The summed E-state index contributed by atoms with van der Waals surface area (Å²) in [7, 11) is 0. The van der Waals surface area contributed by atoms with Crippen LogP contribution >= 0.6 is 0 Å². The summed E-state index contributed by atoms with van der Waals surface area (Å²) in [5.41, 5.74) is 1.78. The van der Waals surface area contributed by atoms with E-state index in [9.17, 15) is 9.18 Å². The van der Waals surface area contributed by atoms with Gasteiger partial charge in [0.1, 0.15) is 5.82 Å². The minimum atomic E-state index is -0.290. The highest BCUT2D eigenvalue weighted by molar-refractivity contribution is 5.99. The molecule has 1 aromatic carbocycles. The molecular formula is C18H25FN2O2. The van der Waals surface area contributed by atoms with Crippen LogP contribution in [0.5, 0.6) is 0 Å². The minimum Gasteiger partial charge on any atom is -0.381 e. The molecule has 1 fully saturated rings. The van der Waals surface area contributed by atoms with Crippen molar-refractivity contribution in [3.63, 3.8) is 0 Å². The molecule has 0 spiro atoms. The number of ether oxygens (including phenoxy) is 1. The fourth-order valence-corrected chi connectivity index (χ4v) is 3.42. The summed E-state index contributed by atoms with van der Waals surface area (Å²) < 4.78 is 18.9. The summed E-state index contributed by atoms with van der Waals surface area (Å²) in [6.45, 7) is 6.23. The van der Waals surface area contributed by atoms with Crippen molar-refractivity contribution in [2.75, 3.05) is 24.7 Å². The predicted octanol–water partition coefficient (Wildman–Crippen LogP) is 2.51. The molecule has 0 unspecified atom stereocenters. The van der Waals surface area contributed by atoms with Crippen LogP contribution < -0.4 is 10.2 Å². The maximum absolute atomic E-state index is 13.6. The first kappa shape index (κ1) is 16.4. The Morgan fingerprint density at radius 3 is 2.78 bits per heavy atom. The van der Waals surface area contributed by atoms with Crippen molar-refractivity contribution in [3.8, 4) is 0 Å². The normalized spacial score (nSPS) is 19.9. The number of nitrogens with one attached hydrogen (secondary N) is 1. The average molecular weight is 320 g/mol. The molecule has 2 aliphatic heterocycles. The van der Waals surface area contributed by atoms with Gasteiger partial charge in [0.05, 0.1) is 6.04 Å². The molecule has 2 heterocycles. The molecule has 0 aliphatic carbocycles. The van der Waals surface area contributed by atoms with Gasteiger partial charge in [0.2, 0.25) is 5.91 Å². The number of hydrogen-bond donors (Lipinski definition) is 1. The number of rotatable bonds is 4. The third-order valence-corrected chi connectivity index (χ3v) is 4.78.